The summed E-state index contributed by atoms with van der Waals surface area (Å²) in [5.41, 5.74) is 2.40. The van der Waals surface area contributed by atoms with Crippen molar-refractivity contribution < 1.29 is 14.3 Å². The van der Waals surface area contributed by atoms with Gasteiger partial charge in [0.05, 0.1) is 5.56 Å². The normalized spacial score (nSPS) is 17.9. The monoisotopic (exact) mass is 451 g/mol. The molecule has 8 nitrogen and oxygen atoms in total. The van der Waals surface area contributed by atoms with E-state index in [-0.39, 0.29) is 18.2 Å². The number of aromatic nitrogens is 1. The molecule has 4 rings (SSSR count). The number of anilines is 2. The summed E-state index contributed by atoms with van der Waals surface area (Å²) in [4.78, 5) is 31.3. The van der Waals surface area contributed by atoms with Gasteiger partial charge < -0.3 is 24.8 Å². The molecule has 33 heavy (non-hydrogen) atoms. The molecule has 0 radical (unpaired) electrons. The van der Waals surface area contributed by atoms with E-state index in [9.17, 15) is 9.59 Å². The zero-order valence-electron chi connectivity index (χ0n) is 20.0. The highest BCUT2D eigenvalue weighted by atomic mass is 16.6. The van der Waals surface area contributed by atoms with Crippen LogP contribution in [0.25, 0.3) is 0 Å². The van der Waals surface area contributed by atoms with Crippen LogP contribution in [0.1, 0.15) is 78.9 Å². The first-order chi connectivity index (χ1) is 15.6. The smallest absolute Gasteiger partial charge is 0.338 e. The van der Waals surface area contributed by atoms with Crippen molar-refractivity contribution in [3.05, 3.63) is 47.2 Å². The summed E-state index contributed by atoms with van der Waals surface area (Å²) < 4.78 is 7.59. The molecular weight excluding hydrogens is 418 g/mol. The Balaban J connectivity index is 1.52. The maximum atomic E-state index is 12.9. The Morgan fingerprint density at radius 3 is 2.42 bits per heavy atom. The number of nitrogens with zero attached hydrogens (tertiary/aromatic N) is 3. The van der Waals surface area contributed by atoms with Crippen molar-refractivity contribution >= 4 is 29.6 Å². The lowest BCUT2D eigenvalue weighted by atomic mass is 10.1. The number of carbonyl (C=O) groups is 2. The lowest BCUT2D eigenvalue weighted by Crippen LogP contribution is -2.32. The number of ether oxygens (including phenoxy) is 1. The number of hydrogen-bond donors (Lipinski definition) is 2. The van der Waals surface area contributed by atoms with Gasteiger partial charge in [0, 0.05) is 37.6 Å². The van der Waals surface area contributed by atoms with Crippen LogP contribution < -0.4 is 10.6 Å². The third kappa shape index (κ3) is 5.05. The van der Waals surface area contributed by atoms with Crippen LogP contribution in [0.3, 0.4) is 0 Å². The fourth-order valence-electron chi connectivity index (χ4n) is 4.32. The van der Waals surface area contributed by atoms with Crippen LogP contribution in [0, 0.1) is 0 Å². The van der Waals surface area contributed by atoms with E-state index in [0.29, 0.717) is 17.3 Å². The largest absolute Gasteiger partial charge is 0.456 e. The summed E-state index contributed by atoms with van der Waals surface area (Å²) in [5, 5.41) is 6.81. The maximum Gasteiger partial charge on any atom is 0.338 e. The standard InChI is InChI=1S/C25H33N5O3/c1-25(2,3)33-23(32)16-10-12-18(13-11-16)27-24-26-15-17-14-20(22(31)29(4)5)30(21(17)28-24)19-8-6-7-9-19/h10-15,19,24,27-28H,6-9H2,1-5H3. The van der Waals surface area contributed by atoms with Crippen LogP contribution in [0.2, 0.25) is 0 Å². The highest BCUT2D eigenvalue weighted by molar-refractivity contribution is 5.99. The molecule has 0 spiro atoms. The summed E-state index contributed by atoms with van der Waals surface area (Å²) in [6.07, 6.45) is 5.91. The third-order valence-electron chi connectivity index (χ3n) is 5.84. The molecule has 0 saturated heterocycles. The minimum atomic E-state index is -0.534. The molecule has 1 aliphatic heterocycles. The molecule has 1 aliphatic carbocycles. The predicted molar refractivity (Wildman–Crippen MR) is 130 cm³/mol. The van der Waals surface area contributed by atoms with Gasteiger partial charge in [0.15, 0.2) is 6.29 Å². The number of nitrogens with one attached hydrogen (secondary N) is 2. The second-order valence-electron chi connectivity index (χ2n) is 9.89. The van der Waals surface area contributed by atoms with E-state index in [4.69, 9.17) is 4.74 Å². The van der Waals surface area contributed by atoms with Crippen molar-refractivity contribution in [3.63, 3.8) is 0 Å². The van der Waals surface area contributed by atoms with Crippen molar-refractivity contribution in [1.82, 2.24) is 9.47 Å². The van der Waals surface area contributed by atoms with Crippen molar-refractivity contribution in [1.29, 1.82) is 0 Å². The molecule has 176 valence electrons. The van der Waals surface area contributed by atoms with Crippen LogP contribution in [-0.4, -0.2) is 53.5 Å². The van der Waals surface area contributed by atoms with Gasteiger partial charge in [0.1, 0.15) is 17.1 Å². The average molecular weight is 452 g/mol. The maximum absolute atomic E-state index is 12.9. The van der Waals surface area contributed by atoms with Crippen molar-refractivity contribution in [3.8, 4) is 0 Å². The minimum Gasteiger partial charge on any atom is -0.456 e. The number of hydrogen-bond acceptors (Lipinski definition) is 6. The SMILES string of the molecule is CN(C)C(=O)c1cc2c(n1C1CCCC1)NC(Nc1ccc(C(=O)OC(C)(C)C)cc1)N=C2. The Morgan fingerprint density at radius 2 is 1.82 bits per heavy atom. The van der Waals surface area contributed by atoms with E-state index >= 15 is 0 Å². The predicted octanol–water partition coefficient (Wildman–Crippen LogP) is 4.50. The van der Waals surface area contributed by atoms with Crippen LogP contribution in [0.5, 0.6) is 0 Å². The quantitative estimate of drug-likeness (QED) is 0.654. The molecule has 1 unspecified atom stereocenters. The van der Waals surface area contributed by atoms with E-state index in [0.717, 1.165) is 29.9 Å². The van der Waals surface area contributed by atoms with Crippen molar-refractivity contribution in [2.24, 2.45) is 4.99 Å². The molecule has 8 heteroatoms. The van der Waals surface area contributed by atoms with Crippen molar-refractivity contribution in [2.75, 3.05) is 24.7 Å². The van der Waals surface area contributed by atoms with Gasteiger partial charge in [-0.05, 0) is 63.9 Å². The molecule has 1 aromatic carbocycles. The summed E-state index contributed by atoms with van der Waals surface area (Å²) in [7, 11) is 3.56. The average Bonchev–Trinajstić information content (AvgIpc) is 3.39. The molecule has 1 fully saturated rings. The Hall–Kier alpha value is -3.29. The second kappa shape index (κ2) is 8.92. The van der Waals surface area contributed by atoms with Gasteiger partial charge in [0.25, 0.3) is 5.91 Å². The van der Waals surface area contributed by atoms with Gasteiger partial charge in [-0.1, -0.05) is 12.8 Å². The Kier molecular flexibility index (Phi) is 6.19. The highest BCUT2D eigenvalue weighted by Crippen LogP contribution is 2.37. The number of rotatable bonds is 5. The summed E-state index contributed by atoms with van der Waals surface area (Å²) >= 11 is 0. The van der Waals surface area contributed by atoms with Crippen LogP contribution in [0.4, 0.5) is 11.5 Å². The summed E-state index contributed by atoms with van der Waals surface area (Å²) in [5.74, 6) is 0.568. The van der Waals surface area contributed by atoms with Gasteiger partial charge in [-0.15, -0.1) is 0 Å². The van der Waals surface area contributed by atoms with Crippen LogP contribution in [0.15, 0.2) is 35.3 Å². The number of benzene rings is 1. The van der Waals surface area contributed by atoms with E-state index in [2.05, 4.69) is 20.2 Å². The molecule has 0 bridgehead atoms. The van der Waals surface area contributed by atoms with Gasteiger partial charge in [0.2, 0.25) is 0 Å². The van der Waals surface area contributed by atoms with Gasteiger partial charge in [-0.25, -0.2) is 9.79 Å². The van der Waals surface area contributed by atoms with E-state index in [1.165, 1.54) is 12.8 Å². The third-order valence-corrected chi connectivity index (χ3v) is 5.84. The van der Waals surface area contributed by atoms with Crippen LogP contribution >= 0.6 is 0 Å². The summed E-state index contributed by atoms with van der Waals surface area (Å²) in [6.45, 7) is 5.54. The van der Waals surface area contributed by atoms with Crippen LogP contribution in [-0.2, 0) is 4.74 Å². The fourth-order valence-corrected chi connectivity index (χ4v) is 4.32. The lowest BCUT2D eigenvalue weighted by Gasteiger charge is -2.27. The molecule has 2 heterocycles. The molecule has 1 saturated carbocycles. The molecule has 1 amide bonds. The number of aliphatic imine (C=N–C) groups is 1. The Labute approximate surface area is 195 Å². The van der Waals surface area contributed by atoms with Crippen molar-refractivity contribution in [2.45, 2.75) is 64.4 Å². The molecule has 2 aromatic rings. The zero-order chi connectivity index (χ0) is 23.8. The molecule has 2 N–H and O–H groups in total. The lowest BCUT2D eigenvalue weighted by molar-refractivity contribution is 0.00694. The van der Waals surface area contributed by atoms with E-state index in [1.807, 2.05) is 45.2 Å². The summed E-state index contributed by atoms with van der Waals surface area (Å²) in [6, 6.07) is 9.39. The number of esters is 1. The van der Waals surface area contributed by atoms with Gasteiger partial charge in [-0.2, -0.15) is 0 Å². The zero-order valence-corrected chi connectivity index (χ0v) is 20.0. The number of amides is 1. The van der Waals surface area contributed by atoms with E-state index in [1.54, 1.807) is 31.1 Å². The highest BCUT2D eigenvalue weighted by Gasteiger charge is 2.30. The second-order valence-corrected chi connectivity index (χ2v) is 9.89. The minimum absolute atomic E-state index is 0.00580. The fraction of sp³-hybridized carbons (Fsp3) is 0.480. The molecular formula is C25H33N5O3. The molecule has 1 atom stereocenters. The molecule has 2 aliphatic rings. The topological polar surface area (TPSA) is 88.0 Å². The Morgan fingerprint density at radius 1 is 1.15 bits per heavy atom. The first-order valence-electron chi connectivity index (χ1n) is 11.5. The first kappa shape index (κ1) is 22.9. The Bertz CT molecular complexity index is 1060. The number of carbonyl (C=O) groups excluding carboxylic acids is 2. The molecule has 1 aromatic heterocycles. The van der Waals surface area contributed by atoms with E-state index < -0.39 is 5.60 Å². The van der Waals surface area contributed by atoms with Gasteiger partial charge in [-0.3, -0.25) is 4.79 Å². The van der Waals surface area contributed by atoms with Gasteiger partial charge >= 0.3 is 5.97 Å². The first-order valence-corrected chi connectivity index (χ1v) is 11.5. The number of fused-ring (bicyclic) bond motifs is 1.